The monoisotopic (exact) mass is 371 g/mol. The van der Waals surface area contributed by atoms with Crippen molar-refractivity contribution in [1.82, 2.24) is 4.98 Å². The standard InChI is InChI=1S/C20H23BFNO2S/c1-19(2)20(3,4)25-21(24-19)17(22)14-10-15(11-14)18-23-16(12-26-18)13-8-6-5-7-9-13/h5-9,12,15H,10-11H2,1-4H3. The highest BCUT2D eigenvalue weighted by atomic mass is 32.1. The molecule has 6 heteroatoms. The Morgan fingerprint density at radius 3 is 2.35 bits per heavy atom. The summed E-state index contributed by atoms with van der Waals surface area (Å²) in [6.07, 6.45) is 1.38. The molecule has 1 aliphatic heterocycles. The lowest BCUT2D eigenvalue weighted by atomic mass is 9.72. The molecule has 0 bridgehead atoms. The second-order valence-electron chi connectivity index (χ2n) is 8.08. The van der Waals surface area contributed by atoms with Gasteiger partial charge < -0.3 is 9.31 Å². The molecule has 2 aromatic rings. The van der Waals surface area contributed by atoms with Gasteiger partial charge in [-0.2, -0.15) is 0 Å². The van der Waals surface area contributed by atoms with E-state index < -0.39 is 18.3 Å². The molecule has 1 saturated carbocycles. The van der Waals surface area contributed by atoms with E-state index in [1.807, 2.05) is 45.9 Å². The van der Waals surface area contributed by atoms with Crippen molar-refractivity contribution < 1.29 is 13.7 Å². The first-order chi connectivity index (χ1) is 12.3. The number of hydrogen-bond acceptors (Lipinski definition) is 4. The van der Waals surface area contributed by atoms with E-state index in [9.17, 15) is 4.39 Å². The van der Waals surface area contributed by atoms with E-state index in [-0.39, 0.29) is 5.73 Å². The van der Waals surface area contributed by atoms with E-state index in [1.54, 1.807) is 11.3 Å². The summed E-state index contributed by atoms with van der Waals surface area (Å²) in [7, 11) is -0.882. The van der Waals surface area contributed by atoms with E-state index in [4.69, 9.17) is 14.3 Å². The van der Waals surface area contributed by atoms with Crippen molar-refractivity contribution in [2.75, 3.05) is 0 Å². The van der Waals surface area contributed by atoms with E-state index in [0.29, 0.717) is 18.8 Å². The molecule has 2 fully saturated rings. The first kappa shape index (κ1) is 17.9. The lowest BCUT2D eigenvalue weighted by Crippen LogP contribution is -2.41. The van der Waals surface area contributed by atoms with Crippen LogP contribution in [0.4, 0.5) is 4.39 Å². The third-order valence-corrected chi connectivity index (χ3v) is 6.73. The van der Waals surface area contributed by atoms with Gasteiger partial charge in [0.05, 0.1) is 21.9 Å². The first-order valence-electron chi connectivity index (χ1n) is 9.01. The quantitative estimate of drug-likeness (QED) is 0.664. The molecule has 1 aliphatic carbocycles. The number of rotatable bonds is 3. The van der Waals surface area contributed by atoms with Crippen molar-refractivity contribution in [2.24, 2.45) is 0 Å². The molecule has 1 aromatic carbocycles. The molecule has 136 valence electrons. The van der Waals surface area contributed by atoms with E-state index in [2.05, 4.69) is 17.5 Å². The van der Waals surface area contributed by atoms with Gasteiger partial charge in [-0.25, -0.2) is 9.37 Å². The molecule has 2 heterocycles. The number of benzene rings is 1. The highest BCUT2D eigenvalue weighted by molar-refractivity contribution is 7.10. The number of aromatic nitrogens is 1. The SMILES string of the molecule is CC1(C)OB(C(F)=C2CC(c3nc(-c4ccccc4)cs3)C2)OC1(C)C. The molecular formula is C20H23BFNO2S. The van der Waals surface area contributed by atoms with Crippen molar-refractivity contribution in [1.29, 1.82) is 0 Å². The van der Waals surface area contributed by atoms with Gasteiger partial charge in [-0.15, -0.1) is 11.3 Å². The van der Waals surface area contributed by atoms with Gasteiger partial charge in [0, 0.05) is 16.9 Å². The number of allylic oxidation sites excluding steroid dienone is 1. The molecule has 0 radical (unpaired) electrons. The van der Waals surface area contributed by atoms with Crippen LogP contribution in [0.1, 0.15) is 51.5 Å². The van der Waals surface area contributed by atoms with Crippen molar-refractivity contribution in [3.05, 3.63) is 52.0 Å². The van der Waals surface area contributed by atoms with Crippen LogP contribution in [0.3, 0.4) is 0 Å². The fourth-order valence-corrected chi connectivity index (χ4v) is 4.17. The first-order valence-corrected chi connectivity index (χ1v) is 9.89. The van der Waals surface area contributed by atoms with Gasteiger partial charge in [0.15, 0.2) is 0 Å². The van der Waals surface area contributed by atoms with Crippen molar-refractivity contribution in [2.45, 2.75) is 57.7 Å². The summed E-state index contributed by atoms with van der Waals surface area (Å²) < 4.78 is 26.4. The Balaban J connectivity index is 1.44. The number of hydrogen-bond donors (Lipinski definition) is 0. The summed E-state index contributed by atoms with van der Waals surface area (Å²) in [4.78, 5) is 4.75. The molecular weight excluding hydrogens is 348 g/mol. The summed E-state index contributed by atoms with van der Waals surface area (Å²) >= 11 is 1.66. The van der Waals surface area contributed by atoms with Gasteiger partial charge in [0.1, 0.15) is 5.73 Å². The zero-order chi connectivity index (χ0) is 18.5. The van der Waals surface area contributed by atoms with Gasteiger partial charge in [-0.05, 0) is 46.1 Å². The number of nitrogens with zero attached hydrogens (tertiary/aromatic N) is 1. The smallest absolute Gasteiger partial charge is 0.398 e. The fourth-order valence-electron chi connectivity index (χ4n) is 3.23. The maximum Gasteiger partial charge on any atom is 0.525 e. The topological polar surface area (TPSA) is 31.4 Å². The minimum absolute atomic E-state index is 0.250. The third kappa shape index (κ3) is 3.04. The predicted octanol–water partition coefficient (Wildman–Crippen LogP) is 5.54. The van der Waals surface area contributed by atoms with E-state index >= 15 is 0 Å². The normalized spacial score (nSPS) is 23.8. The second-order valence-corrected chi connectivity index (χ2v) is 8.97. The molecule has 0 N–H and O–H groups in total. The maximum atomic E-state index is 14.8. The summed E-state index contributed by atoms with van der Waals surface area (Å²) in [6.45, 7) is 7.76. The van der Waals surface area contributed by atoms with Crippen LogP contribution in [0.25, 0.3) is 11.3 Å². The average molecular weight is 371 g/mol. The molecule has 0 spiro atoms. The summed E-state index contributed by atoms with van der Waals surface area (Å²) in [5.41, 5.74) is 1.63. The zero-order valence-electron chi connectivity index (χ0n) is 15.6. The highest BCUT2D eigenvalue weighted by Crippen LogP contribution is 2.47. The lowest BCUT2D eigenvalue weighted by Gasteiger charge is -2.32. The Bertz CT molecular complexity index is 823. The van der Waals surface area contributed by atoms with Crippen LogP contribution in [0.5, 0.6) is 0 Å². The van der Waals surface area contributed by atoms with Crippen LogP contribution in [0, 0.1) is 0 Å². The molecule has 0 amide bonds. The summed E-state index contributed by atoms with van der Waals surface area (Å²) in [6, 6.07) is 10.1. The van der Waals surface area contributed by atoms with Crippen LogP contribution >= 0.6 is 11.3 Å². The third-order valence-electron chi connectivity index (χ3n) is 5.72. The van der Waals surface area contributed by atoms with Crippen LogP contribution < -0.4 is 0 Å². The van der Waals surface area contributed by atoms with E-state index in [0.717, 1.165) is 21.8 Å². The Hall–Kier alpha value is -1.50. The average Bonchev–Trinajstić information content (AvgIpc) is 3.10. The largest absolute Gasteiger partial charge is 0.525 e. The molecule has 1 aromatic heterocycles. The van der Waals surface area contributed by atoms with Gasteiger partial charge in [-0.3, -0.25) is 0 Å². The van der Waals surface area contributed by atoms with E-state index in [1.165, 1.54) is 0 Å². The maximum absolute atomic E-state index is 14.8. The number of halogens is 1. The highest BCUT2D eigenvalue weighted by Gasteiger charge is 2.54. The predicted molar refractivity (Wildman–Crippen MR) is 104 cm³/mol. The minimum atomic E-state index is -0.882. The van der Waals surface area contributed by atoms with Gasteiger partial charge >= 0.3 is 7.12 Å². The Labute approximate surface area is 158 Å². The van der Waals surface area contributed by atoms with Crippen molar-refractivity contribution in [3.8, 4) is 11.3 Å². The summed E-state index contributed by atoms with van der Waals surface area (Å²) in [5.74, 6) is 0.292. The molecule has 1 saturated heterocycles. The molecule has 26 heavy (non-hydrogen) atoms. The molecule has 0 unspecified atom stereocenters. The fraction of sp³-hybridized carbons (Fsp3) is 0.450. The number of thiazole rings is 1. The Morgan fingerprint density at radius 1 is 1.12 bits per heavy atom. The Kier molecular flexibility index (Phi) is 4.33. The molecule has 0 atom stereocenters. The zero-order valence-corrected chi connectivity index (χ0v) is 16.4. The summed E-state index contributed by atoms with van der Waals surface area (Å²) in [5, 5.41) is 3.16. The van der Waals surface area contributed by atoms with Crippen LogP contribution in [-0.4, -0.2) is 23.3 Å². The molecule has 2 aliphatic rings. The minimum Gasteiger partial charge on any atom is -0.398 e. The molecule has 3 nitrogen and oxygen atoms in total. The van der Waals surface area contributed by atoms with Gasteiger partial charge in [-0.1, -0.05) is 30.3 Å². The van der Waals surface area contributed by atoms with Crippen LogP contribution in [-0.2, 0) is 9.31 Å². The second kappa shape index (κ2) is 6.29. The van der Waals surface area contributed by atoms with Crippen LogP contribution in [0.2, 0.25) is 0 Å². The van der Waals surface area contributed by atoms with Crippen molar-refractivity contribution >= 4 is 18.5 Å². The van der Waals surface area contributed by atoms with Gasteiger partial charge in [0.2, 0.25) is 0 Å². The van der Waals surface area contributed by atoms with Crippen molar-refractivity contribution in [3.63, 3.8) is 0 Å². The van der Waals surface area contributed by atoms with Crippen LogP contribution in [0.15, 0.2) is 47.0 Å². The lowest BCUT2D eigenvalue weighted by molar-refractivity contribution is 0.00578. The molecule has 4 rings (SSSR count). The van der Waals surface area contributed by atoms with Gasteiger partial charge in [0.25, 0.3) is 0 Å². The Morgan fingerprint density at radius 2 is 1.73 bits per heavy atom.